The van der Waals surface area contributed by atoms with Gasteiger partial charge < -0.3 is 5.11 Å². The van der Waals surface area contributed by atoms with Gasteiger partial charge in [-0.1, -0.05) is 41.6 Å². The van der Waals surface area contributed by atoms with Crippen LogP contribution in [-0.4, -0.2) is 45.9 Å². The fraction of sp³-hybridized carbons (Fsp3) is 0.263. The molecule has 2 aromatic carbocycles. The Hall–Kier alpha value is -2.16. The highest BCUT2D eigenvalue weighted by atomic mass is 32.2. The van der Waals surface area contributed by atoms with E-state index in [1.54, 1.807) is 24.3 Å². The standard InChI is InChI=1S/C19H18N2O4S2/c1-12-6-8-13(9-7-12)21-18(23)14-4-2-3-5-15(14)20-19(21)26-17-11-27(24,25)10-16(17)22/h2-9,16-17,22H,10-11H2,1H3/t16-,17-/m1/s1. The van der Waals surface area contributed by atoms with Gasteiger partial charge in [-0.15, -0.1) is 0 Å². The number of thioether (sulfide) groups is 1. The van der Waals surface area contributed by atoms with Crippen molar-refractivity contribution in [3.63, 3.8) is 0 Å². The van der Waals surface area contributed by atoms with Gasteiger partial charge in [0.1, 0.15) is 0 Å². The summed E-state index contributed by atoms with van der Waals surface area (Å²) < 4.78 is 25.2. The van der Waals surface area contributed by atoms with Gasteiger partial charge in [0.05, 0.1) is 39.4 Å². The van der Waals surface area contributed by atoms with Crippen molar-refractivity contribution in [3.05, 3.63) is 64.4 Å². The van der Waals surface area contributed by atoms with E-state index in [-0.39, 0.29) is 17.1 Å². The van der Waals surface area contributed by atoms with E-state index in [9.17, 15) is 18.3 Å². The smallest absolute Gasteiger partial charge is 0.266 e. The van der Waals surface area contributed by atoms with Crippen molar-refractivity contribution >= 4 is 32.5 Å². The van der Waals surface area contributed by atoms with Gasteiger partial charge in [0.25, 0.3) is 5.56 Å². The number of aliphatic hydroxyl groups is 1. The van der Waals surface area contributed by atoms with E-state index in [1.165, 1.54) is 4.57 Å². The summed E-state index contributed by atoms with van der Waals surface area (Å²) in [5.74, 6) is -0.386. The number of rotatable bonds is 3. The Morgan fingerprint density at radius 3 is 2.48 bits per heavy atom. The maximum absolute atomic E-state index is 13.1. The van der Waals surface area contributed by atoms with Gasteiger partial charge in [-0.3, -0.25) is 9.36 Å². The molecular weight excluding hydrogens is 384 g/mol. The average molecular weight is 402 g/mol. The van der Waals surface area contributed by atoms with Crippen LogP contribution in [-0.2, 0) is 9.84 Å². The molecule has 140 valence electrons. The Morgan fingerprint density at radius 2 is 1.81 bits per heavy atom. The maximum Gasteiger partial charge on any atom is 0.266 e. The number of hydrogen-bond acceptors (Lipinski definition) is 6. The van der Waals surface area contributed by atoms with Crippen molar-refractivity contribution in [3.8, 4) is 5.69 Å². The first-order valence-electron chi connectivity index (χ1n) is 8.48. The maximum atomic E-state index is 13.1. The fourth-order valence-corrected chi connectivity index (χ4v) is 6.75. The molecule has 8 heteroatoms. The molecule has 2 atom stereocenters. The van der Waals surface area contributed by atoms with Crippen LogP contribution in [0.25, 0.3) is 16.6 Å². The summed E-state index contributed by atoms with van der Waals surface area (Å²) in [5.41, 5.74) is 2.04. The lowest BCUT2D eigenvalue weighted by Gasteiger charge is -2.17. The number of benzene rings is 2. The van der Waals surface area contributed by atoms with E-state index in [0.29, 0.717) is 21.7 Å². The predicted molar refractivity (Wildman–Crippen MR) is 106 cm³/mol. The van der Waals surface area contributed by atoms with Crippen LogP contribution < -0.4 is 5.56 Å². The van der Waals surface area contributed by atoms with E-state index in [2.05, 4.69) is 4.98 Å². The molecule has 0 aliphatic carbocycles. The van der Waals surface area contributed by atoms with Gasteiger partial charge >= 0.3 is 0 Å². The van der Waals surface area contributed by atoms with Crippen LogP contribution in [0.5, 0.6) is 0 Å². The molecule has 1 aromatic heterocycles. The molecule has 6 nitrogen and oxygen atoms in total. The number of para-hydroxylation sites is 1. The highest BCUT2D eigenvalue weighted by molar-refractivity contribution is 8.01. The number of sulfone groups is 1. The topological polar surface area (TPSA) is 89.3 Å². The monoisotopic (exact) mass is 402 g/mol. The van der Waals surface area contributed by atoms with E-state index < -0.39 is 21.2 Å². The van der Waals surface area contributed by atoms with Gasteiger partial charge in [-0.25, -0.2) is 13.4 Å². The van der Waals surface area contributed by atoms with E-state index in [4.69, 9.17) is 0 Å². The number of hydrogen-bond donors (Lipinski definition) is 1. The highest BCUT2D eigenvalue weighted by Gasteiger charge is 2.38. The molecule has 0 saturated carbocycles. The van der Waals surface area contributed by atoms with Gasteiger partial charge in [0.15, 0.2) is 15.0 Å². The van der Waals surface area contributed by atoms with E-state index in [0.717, 1.165) is 17.3 Å². The second kappa shape index (κ2) is 6.78. The third-order valence-corrected chi connectivity index (χ3v) is 7.76. The first-order valence-corrected chi connectivity index (χ1v) is 11.2. The Balaban J connectivity index is 1.89. The normalized spacial score (nSPS) is 21.6. The molecule has 1 aliphatic heterocycles. The molecule has 4 rings (SSSR count). The molecular formula is C19H18N2O4S2. The second-order valence-corrected chi connectivity index (χ2v) is 10.0. The van der Waals surface area contributed by atoms with Crippen LogP contribution in [0.1, 0.15) is 5.56 Å². The zero-order valence-corrected chi connectivity index (χ0v) is 16.2. The lowest BCUT2D eigenvalue weighted by molar-refractivity contribution is 0.207. The van der Waals surface area contributed by atoms with Crippen LogP contribution in [0, 0.1) is 6.92 Å². The molecule has 0 bridgehead atoms. The third-order valence-electron chi connectivity index (χ3n) is 4.57. The predicted octanol–water partition coefficient (Wildman–Crippen LogP) is 1.94. The molecule has 1 saturated heterocycles. The number of aromatic nitrogens is 2. The number of aliphatic hydroxyl groups excluding tert-OH is 1. The summed E-state index contributed by atoms with van der Waals surface area (Å²) in [4.78, 5) is 17.7. The van der Waals surface area contributed by atoms with Crippen molar-refractivity contribution in [2.24, 2.45) is 0 Å². The number of aryl methyl sites for hydroxylation is 1. The average Bonchev–Trinajstić information content (AvgIpc) is 2.88. The Kier molecular flexibility index (Phi) is 4.57. The summed E-state index contributed by atoms with van der Waals surface area (Å²) in [7, 11) is -3.29. The first-order chi connectivity index (χ1) is 12.8. The molecule has 1 aliphatic rings. The first kappa shape index (κ1) is 18.2. The Morgan fingerprint density at radius 1 is 1.11 bits per heavy atom. The van der Waals surface area contributed by atoms with Gasteiger partial charge in [-0.2, -0.15) is 0 Å². The molecule has 2 heterocycles. The van der Waals surface area contributed by atoms with Crippen LogP contribution in [0.4, 0.5) is 0 Å². The van der Waals surface area contributed by atoms with Gasteiger partial charge in [0, 0.05) is 0 Å². The molecule has 0 unspecified atom stereocenters. The van der Waals surface area contributed by atoms with Crippen molar-refractivity contribution in [2.75, 3.05) is 11.5 Å². The minimum atomic E-state index is -3.29. The summed E-state index contributed by atoms with van der Waals surface area (Å²) in [6.45, 7) is 1.96. The Bertz CT molecular complexity index is 1170. The molecule has 1 fully saturated rings. The summed E-state index contributed by atoms with van der Waals surface area (Å²) in [6, 6.07) is 14.5. The minimum absolute atomic E-state index is 0.130. The summed E-state index contributed by atoms with van der Waals surface area (Å²) >= 11 is 1.14. The van der Waals surface area contributed by atoms with Crippen molar-refractivity contribution in [2.45, 2.75) is 23.4 Å². The van der Waals surface area contributed by atoms with Crippen molar-refractivity contribution < 1.29 is 13.5 Å². The van der Waals surface area contributed by atoms with Gasteiger partial charge in [0.2, 0.25) is 0 Å². The van der Waals surface area contributed by atoms with E-state index in [1.807, 2.05) is 31.2 Å². The molecule has 3 aromatic rings. The van der Waals surface area contributed by atoms with Crippen LogP contribution in [0.15, 0.2) is 58.5 Å². The Labute approximate surface area is 160 Å². The second-order valence-electron chi connectivity index (χ2n) is 6.69. The minimum Gasteiger partial charge on any atom is -0.391 e. The molecule has 1 N–H and O–H groups in total. The fourth-order valence-electron chi connectivity index (χ4n) is 3.16. The quantitative estimate of drug-likeness (QED) is 0.674. The van der Waals surface area contributed by atoms with Crippen LogP contribution in [0.3, 0.4) is 0 Å². The third kappa shape index (κ3) is 3.52. The summed E-state index contributed by atoms with van der Waals surface area (Å²) in [6.07, 6.45) is -0.977. The molecule has 0 amide bonds. The number of fused-ring (bicyclic) bond motifs is 1. The molecule has 27 heavy (non-hydrogen) atoms. The molecule has 0 radical (unpaired) electrons. The van der Waals surface area contributed by atoms with Crippen LogP contribution >= 0.6 is 11.8 Å². The lowest BCUT2D eigenvalue weighted by Crippen LogP contribution is -2.25. The lowest BCUT2D eigenvalue weighted by atomic mass is 10.2. The van der Waals surface area contributed by atoms with Crippen molar-refractivity contribution in [1.29, 1.82) is 0 Å². The number of nitrogens with zero attached hydrogens (tertiary/aromatic N) is 2. The van der Waals surface area contributed by atoms with E-state index >= 15 is 0 Å². The largest absolute Gasteiger partial charge is 0.391 e. The highest BCUT2D eigenvalue weighted by Crippen LogP contribution is 2.31. The van der Waals surface area contributed by atoms with Crippen LogP contribution in [0.2, 0.25) is 0 Å². The van der Waals surface area contributed by atoms with Crippen molar-refractivity contribution in [1.82, 2.24) is 9.55 Å². The summed E-state index contributed by atoms with van der Waals surface area (Å²) in [5, 5.41) is 10.5. The molecule has 0 spiro atoms. The zero-order chi connectivity index (χ0) is 19.2. The van der Waals surface area contributed by atoms with Gasteiger partial charge in [-0.05, 0) is 31.2 Å². The zero-order valence-electron chi connectivity index (χ0n) is 14.6. The SMILES string of the molecule is Cc1ccc(-n2c(S[C@@H]3CS(=O)(=O)C[C@H]3O)nc3ccccc3c2=O)cc1.